The molecule has 1 amide bonds. The highest BCUT2D eigenvalue weighted by molar-refractivity contribution is 6.32. The molecule has 4 nitrogen and oxygen atoms in total. The molecule has 1 aromatic heterocycles. The van der Waals surface area contributed by atoms with E-state index in [1.807, 2.05) is 12.1 Å². The number of pyridine rings is 1. The number of ether oxygens (including phenoxy) is 1. The van der Waals surface area contributed by atoms with E-state index >= 15 is 0 Å². The third-order valence-corrected chi connectivity index (χ3v) is 3.24. The molecule has 0 saturated carbocycles. The lowest BCUT2D eigenvalue weighted by Crippen LogP contribution is -2.24. The Labute approximate surface area is 133 Å². The smallest absolute Gasteiger partial charge is 0.220 e. The molecule has 0 aliphatic rings. The van der Waals surface area contributed by atoms with Crippen LogP contribution in [0.2, 0.25) is 5.02 Å². The summed E-state index contributed by atoms with van der Waals surface area (Å²) in [5, 5.41) is 3.17. The van der Waals surface area contributed by atoms with Crippen LogP contribution in [0, 0.1) is 5.82 Å². The maximum Gasteiger partial charge on any atom is 0.220 e. The normalized spacial score (nSPS) is 10.3. The van der Waals surface area contributed by atoms with Crippen molar-refractivity contribution in [2.45, 2.75) is 19.4 Å². The summed E-state index contributed by atoms with van der Waals surface area (Å²) in [6.45, 7) is 0.464. The number of benzene rings is 1. The Morgan fingerprint density at radius 3 is 2.86 bits per heavy atom. The molecule has 1 heterocycles. The van der Waals surface area contributed by atoms with Gasteiger partial charge in [0.2, 0.25) is 5.91 Å². The average Bonchev–Trinajstić information content (AvgIpc) is 2.52. The van der Waals surface area contributed by atoms with E-state index in [9.17, 15) is 9.18 Å². The number of aromatic nitrogens is 1. The fraction of sp³-hybridized carbons (Fsp3) is 0.250. The number of halogens is 2. The van der Waals surface area contributed by atoms with Gasteiger partial charge < -0.3 is 10.1 Å². The van der Waals surface area contributed by atoms with E-state index in [1.54, 1.807) is 12.1 Å². The van der Waals surface area contributed by atoms with Crippen molar-refractivity contribution in [1.82, 2.24) is 10.3 Å². The van der Waals surface area contributed by atoms with Crippen molar-refractivity contribution in [2.75, 3.05) is 6.61 Å². The first-order chi connectivity index (χ1) is 10.7. The summed E-state index contributed by atoms with van der Waals surface area (Å²) in [6, 6.07) is 9.98. The Hall–Kier alpha value is -2.14. The zero-order valence-corrected chi connectivity index (χ0v) is 12.6. The molecule has 0 aliphatic heterocycles. The van der Waals surface area contributed by atoms with Gasteiger partial charge in [0.1, 0.15) is 11.6 Å². The van der Waals surface area contributed by atoms with Gasteiger partial charge in [-0.25, -0.2) is 4.39 Å². The van der Waals surface area contributed by atoms with Gasteiger partial charge in [-0.15, -0.1) is 0 Å². The maximum atomic E-state index is 13.3. The molecule has 1 aromatic carbocycles. The van der Waals surface area contributed by atoms with Crippen molar-refractivity contribution < 1.29 is 13.9 Å². The van der Waals surface area contributed by atoms with Crippen LogP contribution >= 0.6 is 11.6 Å². The molecule has 1 N–H and O–H groups in total. The van der Waals surface area contributed by atoms with Crippen LogP contribution in [0.4, 0.5) is 4.39 Å². The number of hydrogen-bond donors (Lipinski definition) is 1. The van der Waals surface area contributed by atoms with Gasteiger partial charge >= 0.3 is 0 Å². The second-order valence-electron chi connectivity index (χ2n) is 4.59. The SMILES string of the molecule is O=C(CCCOc1ccccc1Cl)NCc1ncccc1F. The van der Waals surface area contributed by atoms with E-state index in [0.717, 1.165) is 0 Å². The number of nitrogens with one attached hydrogen (secondary N) is 1. The van der Waals surface area contributed by atoms with Gasteiger partial charge in [0.15, 0.2) is 0 Å². The molecule has 116 valence electrons. The summed E-state index contributed by atoms with van der Waals surface area (Å²) in [6.07, 6.45) is 2.32. The first kappa shape index (κ1) is 16.2. The molecule has 0 aliphatic carbocycles. The lowest BCUT2D eigenvalue weighted by molar-refractivity contribution is -0.121. The lowest BCUT2D eigenvalue weighted by atomic mass is 10.3. The Bertz CT molecular complexity index is 637. The van der Waals surface area contributed by atoms with Crippen LogP contribution in [-0.4, -0.2) is 17.5 Å². The van der Waals surface area contributed by atoms with Crippen molar-refractivity contribution in [3.63, 3.8) is 0 Å². The molecular formula is C16H16ClFN2O2. The standard InChI is InChI=1S/C16H16ClFN2O2/c17-12-5-1-2-7-15(12)22-10-4-8-16(21)20-11-14-13(18)6-3-9-19-14/h1-3,5-7,9H,4,8,10-11H2,(H,20,21). The number of para-hydroxylation sites is 1. The highest BCUT2D eigenvalue weighted by Crippen LogP contribution is 2.23. The molecule has 0 bridgehead atoms. The quantitative estimate of drug-likeness (QED) is 0.795. The Balaban J connectivity index is 1.66. The number of hydrogen-bond acceptors (Lipinski definition) is 3. The van der Waals surface area contributed by atoms with Crippen LogP contribution in [0.1, 0.15) is 18.5 Å². The summed E-state index contributed by atoms with van der Waals surface area (Å²) in [5.41, 5.74) is 0.225. The summed E-state index contributed by atoms with van der Waals surface area (Å²) in [4.78, 5) is 15.5. The lowest BCUT2D eigenvalue weighted by Gasteiger charge is -2.08. The van der Waals surface area contributed by atoms with Crippen molar-refractivity contribution in [1.29, 1.82) is 0 Å². The van der Waals surface area contributed by atoms with Crippen LogP contribution in [-0.2, 0) is 11.3 Å². The second-order valence-corrected chi connectivity index (χ2v) is 5.00. The minimum atomic E-state index is -0.426. The number of amides is 1. The van der Waals surface area contributed by atoms with Gasteiger partial charge in [-0.1, -0.05) is 23.7 Å². The second kappa shape index (κ2) is 8.34. The van der Waals surface area contributed by atoms with Crippen molar-refractivity contribution in [2.24, 2.45) is 0 Å². The van der Waals surface area contributed by atoms with E-state index < -0.39 is 5.82 Å². The predicted molar refractivity (Wildman–Crippen MR) is 82.2 cm³/mol. The largest absolute Gasteiger partial charge is 0.492 e. The minimum absolute atomic E-state index is 0.0802. The summed E-state index contributed by atoms with van der Waals surface area (Å²) in [5.74, 6) is -0.00204. The summed E-state index contributed by atoms with van der Waals surface area (Å²) < 4.78 is 18.8. The number of carbonyl (C=O) groups is 1. The van der Waals surface area contributed by atoms with Crippen LogP contribution < -0.4 is 10.1 Å². The average molecular weight is 323 g/mol. The molecule has 0 radical (unpaired) electrons. The maximum absolute atomic E-state index is 13.3. The van der Waals surface area contributed by atoms with Gasteiger partial charge in [0, 0.05) is 12.6 Å². The van der Waals surface area contributed by atoms with Gasteiger partial charge in [-0.05, 0) is 30.7 Å². The van der Waals surface area contributed by atoms with Gasteiger partial charge in [-0.3, -0.25) is 9.78 Å². The predicted octanol–water partition coefficient (Wildman–Crippen LogP) is 3.35. The summed E-state index contributed by atoms with van der Waals surface area (Å²) >= 11 is 5.95. The molecule has 2 aromatic rings. The van der Waals surface area contributed by atoms with Crippen LogP contribution in [0.5, 0.6) is 5.75 Å². The van der Waals surface area contributed by atoms with Crippen molar-refractivity contribution >= 4 is 17.5 Å². The van der Waals surface area contributed by atoms with E-state index in [1.165, 1.54) is 18.3 Å². The molecule has 0 spiro atoms. The molecule has 0 saturated heterocycles. The monoisotopic (exact) mass is 322 g/mol. The van der Waals surface area contributed by atoms with Gasteiger partial charge in [0.25, 0.3) is 0 Å². The Morgan fingerprint density at radius 1 is 1.27 bits per heavy atom. The zero-order chi connectivity index (χ0) is 15.8. The van der Waals surface area contributed by atoms with E-state index in [-0.39, 0.29) is 18.1 Å². The third-order valence-electron chi connectivity index (χ3n) is 2.93. The fourth-order valence-electron chi connectivity index (χ4n) is 1.80. The van der Waals surface area contributed by atoms with E-state index in [2.05, 4.69) is 10.3 Å². The molecule has 0 atom stereocenters. The number of carbonyl (C=O) groups excluding carboxylic acids is 1. The van der Waals surface area contributed by atoms with Gasteiger partial charge in [0.05, 0.1) is 23.9 Å². The minimum Gasteiger partial charge on any atom is -0.492 e. The van der Waals surface area contributed by atoms with Crippen molar-refractivity contribution in [3.8, 4) is 5.75 Å². The molecule has 2 rings (SSSR count). The van der Waals surface area contributed by atoms with E-state index in [4.69, 9.17) is 16.3 Å². The molecule has 6 heteroatoms. The fourth-order valence-corrected chi connectivity index (χ4v) is 1.99. The van der Waals surface area contributed by atoms with Crippen LogP contribution in [0.25, 0.3) is 0 Å². The molecule has 0 unspecified atom stereocenters. The van der Waals surface area contributed by atoms with Crippen LogP contribution in [0.15, 0.2) is 42.6 Å². The zero-order valence-electron chi connectivity index (χ0n) is 11.9. The van der Waals surface area contributed by atoms with Gasteiger partial charge in [-0.2, -0.15) is 0 Å². The van der Waals surface area contributed by atoms with Crippen LogP contribution in [0.3, 0.4) is 0 Å². The summed E-state index contributed by atoms with van der Waals surface area (Å²) in [7, 11) is 0. The van der Waals surface area contributed by atoms with Crippen molar-refractivity contribution in [3.05, 3.63) is 59.1 Å². The molecule has 0 fully saturated rings. The molecular weight excluding hydrogens is 307 g/mol. The number of rotatable bonds is 7. The molecule has 22 heavy (non-hydrogen) atoms. The highest BCUT2D eigenvalue weighted by Gasteiger charge is 2.06. The Morgan fingerprint density at radius 2 is 2.09 bits per heavy atom. The number of nitrogens with zero attached hydrogens (tertiary/aromatic N) is 1. The highest BCUT2D eigenvalue weighted by atomic mass is 35.5. The first-order valence-corrected chi connectivity index (χ1v) is 7.28. The Kier molecular flexibility index (Phi) is 6.15. The topological polar surface area (TPSA) is 51.2 Å². The first-order valence-electron chi connectivity index (χ1n) is 6.90. The third kappa shape index (κ3) is 5.00. The van der Waals surface area contributed by atoms with E-state index in [0.29, 0.717) is 30.2 Å².